The average Bonchev–Trinajstić information content (AvgIpc) is 3.02. The summed E-state index contributed by atoms with van der Waals surface area (Å²) in [5.41, 5.74) is 0.764. The molecule has 2 aliphatic heterocycles. The molecule has 1 amide bonds. The van der Waals surface area contributed by atoms with Gasteiger partial charge in [-0.1, -0.05) is 0 Å². The number of alkyl halides is 3. The standard InChI is InChI=1S/C17H9F3N2O4/c18-17(19,20)26-8-2-4-11-9(6-8)13(16(25)22-11)14-15(24)10-5-7(23)1-3-12(10)21-14/h1-6,21,23H,(H,22,25)/b14-13-. The summed E-state index contributed by atoms with van der Waals surface area (Å²) in [4.78, 5) is 24.9. The number of anilines is 2. The Balaban J connectivity index is 1.82. The molecule has 4 rings (SSSR count). The van der Waals surface area contributed by atoms with E-state index in [4.69, 9.17) is 0 Å². The van der Waals surface area contributed by atoms with E-state index >= 15 is 0 Å². The van der Waals surface area contributed by atoms with Crippen LogP contribution in [-0.2, 0) is 4.79 Å². The average molecular weight is 362 g/mol. The summed E-state index contributed by atoms with van der Waals surface area (Å²) in [6.07, 6.45) is -4.88. The molecule has 0 aliphatic carbocycles. The maximum Gasteiger partial charge on any atom is 0.573 e. The van der Waals surface area contributed by atoms with E-state index in [1.54, 1.807) is 0 Å². The number of carbonyl (C=O) groups excluding carboxylic acids is 2. The molecule has 9 heteroatoms. The van der Waals surface area contributed by atoms with Crippen molar-refractivity contribution in [1.82, 2.24) is 0 Å². The molecule has 0 unspecified atom stereocenters. The second-order valence-corrected chi connectivity index (χ2v) is 5.64. The molecule has 6 nitrogen and oxygen atoms in total. The van der Waals surface area contributed by atoms with Crippen LogP contribution in [0, 0.1) is 0 Å². The maximum atomic E-state index is 12.6. The summed E-state index contributed by atoms with van der Waals surface area (Å²) < 4.78 is 41.2. The van der Waals surface area contributed by atoms with Crippen LogP contribution < -0.4 is 15.4 Å². The molecular formula is C17H9F3N2O4. The molecule has 2 aromatic carbocycles. The molecule has 3 N–H and O–H groups in total. The predicted molar refractivity (Wildman–Crippen MR) is 84.7 cm³/mol. The molecule has 0 saturated carbocycles. The van der Waals surface area contributed by atoms with Crippen molar-refractivity contribution < 1.29 is 32.6 Å². The number of aromatic hydroxyl groups is 1. The monoisotopic (exact) mass is 362 g/mol. The van der Waals surface area contributed by atoms with Gasteiger partial charge in [0.15, 0.2) is 0 Å². The number of hydrogen-bond donors (Lipinski definition) is 3. The van der Waals surface area contributed by atoms with Gasteiger partial charge in [0.2, 0.25) is 5.78 Å². The van der Waals surface area contributed by atoms with Crippen molar-refractivity contribution in [3.05, 3.63) is 53.2 Å². The highest BCUT2D eigenvalue weighted by atomic mass is 19.4. The maximum absolute atomic E-state index is 12.6. The number of carbonyl (C=O) groups is 2. The normalized spacial score (nSPS) is 18.3. The van der Waals surface area contributed by atoms with Gasteiger partial charge in [0.25, 0.3) is 5.91 Å². The number of Topliss-reactive ketones (excluding diaryl/α,β-unsaturated/α-hetero) is 1. The van der Waals surface area contributed by atoms with Crippen molar-refractivity contribution in [3.8, 4) is 11.5 Å². The van der Waals surface area contributed by atoms with Crippen molar-refractivity contribution in [2.24, 2.45) is 0 Å². The summed E-state index contributed by atoms with van der Waals surface area (Å²) in [7, 11) is 0. The van der Waals surface area contributed by atoms with Crippen LogP contribution in [0.5, 0.6) is 11.5 Å². The highest BCUT2D eigenvalue weighted by Crippen LogP contribution is 2.41. The van der Waals surface area contributed by atoms with E-state index in [1.807, 2.05) is 0 Å². The predicted octanol–water partition coefficient (Wildman–Crippen LogP) is 3.26. The lowest BCUT2D eigenvalue weighted by Crippen LogP contribution is -2.17. The van der Waals surface area contributed by atoms with Crippen LogP contribution in [0.15, 0.2) is 42.1 Å². The van der Waals surface area contributed by atoms with E-state index < -0.39 is 23.8 Å². The molecule has 0 aromatic heterocycles. The van der Waals surface area contributed by atoms with Crippen LogP contribution in [0.4, 0.5) is 24.5 Å². The Morgan fingerprint density at radius 2 is 1.62 bits per heavy atom. The number of rotatable bonds is 1. The fraction of sp³-hybridized carbons (Fsp3) is 0.0588. The summed E-state index contributed by atoms with van der Waals surface area (Å²) in [5, 5.41) is 14.8. The molecule has 2 heterocycles. The van der Waals surface area contributed by atoms with E-state index in [-0.39, 0.29) is 33.8 Å². The Labute approximate surface area is 143 Å². The zero-order valence-electron chi connectivity index (χ0n) is 12.8. The highest BCUT2D eigenvalue weighted by Gasteiger charge is 2.36. The largest absolute Gasteiger partial charge is 0.573 e. The number of halogens is 3. The first kappa shape index (κ1) is 16.0. The van der Waals surface area contributed by atoms with Crippen molar-refractivity contribution in [2.45, 2.75) is 6.36 Å². The fourth-order valence-electron chi connectivity index (χ4n) is 2.92. The second kappa shape index (κ2) is 5.25. The summed E-state index contributed by atoms with van der Waals surface area (Å²) in [6, 6.07) is 7.45. The number of benzene rings is 2. The molecule has 132 valence electrons. The molecule has 0 fully saturated rings. The summed E-state index contributed by atoms with van der Waals surface area (Å²) in [6.45, 7) is 0. The number of hydrogen-bond acceptors (Lipinski definition) is 5. The third-order valence-electron chi connectivity index (χ3n) is 3.95. The lowest BCUT2D eigenvalue weighted by atomic mass is 10.0. The van der Waals surface area contributed by atoms with E-state index in [0.29, 0.717) is 5.69 Å². The number of amides is 1. The van der Waals surface area contributed by atoms with E-state index in [9.17, 15) is 27.9 Å². The van der Waals surface area contributed by atoms with Gasteiger partial charge in [-0.05, 0) is 36.4 Å². The lowest BCUT2D eigenvalue weighted by molar-refractivity contribution is -0.274. The third-order valence-corrected chi connectivity index (χ3v) is 3.95. The molecule has 0 atom stereocenters. The van der Waals surface area contributed by atoms with Gasteiger partial charge >= 0.3 is 6.36 Å². The first-order valence-corrected chi connectivity index (χ1v) is 7.33. The van der Waals surface area contributed by atoms with Crippen LogP contribution >= 0.6 is 0 Å². The Bertz CT molecular complexity index is 1010. The SMILES string of the molecule is O=C1Nc2ccc(OC(F)(F)F)cc2/C1=C1/Nc2ccc(O)cc2C1=O. The minimum absolute atomic E-state index is 0.0778. The molecule has 26 heavy (non-hydrogen) atoms. The minimum atomic E-state index is -4.88. The van der Waals surface area contributed by atoms with Gasteiger partial charge in [0.1, 0.15) is 17.2 Å². The lowest BCUT2D eigenvalue weighted by Gasteiger charge is -2.10. The summed E-state index contributed by atoms with van der Waals surface area (Å²) in [5.74, 6) is -1.80. The van der Waals surface area contributed by atoms with E-state index in [2.05, 4.69) is 15.4 Å². The second-order valence-electron chi connectivity index (χ2n) is 5.64. The quantitative estimate of drug-likeness (QED) is 0.535. The van der Waals surface area contributed by atoms with Crippen molar-refractivity contribution in [1.29, 1.82) is 0 Å². The van der Waals surface area contributed by atoms with Gasteiger partial charge in [0, 0.05) is 11.3 Å². The molecule has 0 saturated heterocycles. The number of nitrogens with one attached hydrogen (secondary N) is 2. The van der Waals surface area contributed by atoms with Crippen LogP contribution in [0.1, 0.15) is 15.9 Å². The van der Waals surface area contributed by atoms with Gasteiger partial charge in [-0.3, -0.25) is 9.59 Å². The van der Waals surface area contributed by atoms with Crippen LogP contribution in [-0.4, -0.2) is 23.2 Å². The number of allylic oxidation sites excluding steroid dienone is 1. The third kappa shape index (κ3) is 2.53. The van der Waals surface area contributed by atoms with E-state index in [0.717, 1.165) is 12.1 Å². The Kier molecular flexibility index (Phi) is 3.23. The number of fused-ring (bicyclic) bond motifs is 2. The summed E-state index contributed by atoms with van der Waals surface area (Å²) >= 11 is 0. The van der Waals surface area contributed by atoms with Crippen LogP contribution in [0.25, 0.3) is 5.57 Å². The van der Waals surface area contributed by atoms with Gasteiger partial charge in [-0.2, -0.15) is 0 Å². The Morgan fingerprint density at radius 3 is 2.35 bits per heavy atom. The minimum Gasteiger partial charge on any atom is -0.508 e. The molecule has 0 bridgehead atoms. The molecule has 0 spiro atoms. The van der Waals surface area contributed by atoms with Crippen molar-refractivity contribution >= 4 is 28.6 Å². The van der Waals surface area contributed by atoms with Gasteiger partial charge in [0.05, 0.1) is 16.8 Å². The molecular weight excluding hydrogens is 353 g/mol. The molecule has 2 aromatic rings. The molecule has 0 radical (unpaired) electrons. The number of ketones is 1. The van der Waals surface area contributed by atoms with Crippen LogP contribution in [0.3, 0.4) is 0 Å². The van der Waals surface area contributed by atoms with Gasteiger partial charge < -0.3 is 20.5 Å². The van der Waals surface area contributed by atoms with Crippen LogP contribution in [0.2, 0.25) is 0 Å². The number of ether oxygens (including phenoxy) is 1. The van der Waals surface area contributed by atoms with Crippen molar-refractivity contribution in [3.63, 3.8) is 0 Å². The number of phenolic OH excluding ortho intramolecular Hbond substituents is 1. The highest BCUT2D eigenvalue weighted by molar-refractivity contribution is 6.39. The van der Waals surface area contributed by atoms with Gasteiger partial charge in [-0.25, -0.2) is 0 Å². The Morgan fingerprint density at radius 1 is 0.923 bits per heavy atom. The van der Waals surface area contributed by atoms with Crippen molar-refractivity contribution in [2.75, 3.05) is 10.6 Å². The smallest absolute Gasteiger partial charge is 0.508 e. The Hall–Kier alpha value is -3.49. The zero-order valence-corrected chi connectivity index (χ0v) is 12.8. The molecule has 2 aliphatic rings. The fourth-order valence-corrected chi connectivity index (χ4v) is 2.92. The first-order chi connectivity index (χ1) is 12.2. The van der Waals surface area contributed by atoms with E-state index in [1.165, 1.54) is 24.3 Å². The topological polar surface area (TPSA) is 87.7 Å². The zero-order chi connectivity index (χ0) is 18.6. The number of phenols is 1. The first-order valence-electron chi connectivity index (χ1n) is 7.33. The van der Waals surface area contributed by atoms with Gasteiger partial charge in [-0.15, -0.1) is 13.2 Å².